The molecule has 0 spiro atoms. The molecule has 0 aromatic heterocycles. The topological polar surface area (TPSA) is 0 Å². The van der Waals surface area contributed by atoms with Gasteiger partial charge in [0.05, 0.1) is 0 Å². The third-order valence-electron chi connectivity index (χ3n) is 0. The first kappa shape index (κ1) is 135. The summed E-state index contributed by atoms with van der Waals surface area (Å²) in [6.07, 6.45) is 0. The van der Waals surface area contributed by atoms with E-state index in [9.17, 15) is 0 Å². The van der Waals surface area contributed by atoms with Crippen LogP contribution in [0.15, 0.2) is 0 Å². The zero-order valence-electron chi connectivity index (χ0n) is 4.38. The molecule has 1 atom stereocenters. The van der Waals surface area contributed by atoms with Crippen LogP contribution in [-0.4, -0.2) is 0 Å². The summed E-state index contributed by atoms with van der Waals surface area (Å²) in [5, 5.41) is 0. The summed E-state index contributed by atoms with van der Waals surface area (Å²) in [5.41, 5.74) is 0. The van der Waals surface area contributed by atoms with Crippen LogP contribution in [0.1, 0.15) is 0 Å². The molecule has 1 unspecified atom stereocenters. The van der Waals surface area contributed by atoms with Crippen LogP contribution in [-0.2, 0) is 0 Å². The fourth-order valence-electron chi connectivity index (χ4n) is 0. The molecule has 0 saturated heterocycles. The fraction of sp³-hybridized carbons (Fsp3) is 0. The van der Waals surface area contributed by atoms with Gasteiger partial charge in [-0.1, -0.05) is 0 Å². The SMILES string of the molecule is Br.Br.Br.Br.Br.Br.Br.Cl.Cl.P. The van der Waals surface area contributed by atoms with Gasteiger partial charge in [-0.2, -0.15) is 9.90 Å². The van der Waals surface area contributed by atoms with E-state index in [1.165, 1.54) is 0 Å². The van der Waals surface area contributed by atoms with Gasteiger partial charge in [0.15, 0.2) is 0 Å². The Labute approximate surface area is 151 Å². The highest BCUT2D eigenvalue weighted by Gasteiger charge is -0.107. The van der Waals surface area contributed by atoms with Crippen LogP contribution in [0.2, 0.25) is 0 Å². The van der Waals surface area contributed by atoms with Crippen LogP contribution in [0.4, 0.5) is 0 Å². The highest BCUT2D eigenvalue weighted by molar-refractivity contribution is 8.93. The van der Waals surface area contributed by atoms with E-state index in [2.05, 4.69) is 0 Å². The summed E-state index contributed by atoms with van der Waals surface area (Å²) < 4.78 is 0. The largest absolute Gasteiger partial charge is 0.153 e. The predicted octanol–water partition coefficient (Wildman–Crippen LogP) is 4.95. The van der Waals surface area contributed by atoms with Gasteiger partial charge in [0.25, 0.3) is 0 Å². The number of halogens is 9. The summed E-state index contributed by atoms with van der Waals surface area (Å²) in [7, 11) is 0. The van der Waals surface area contributed by atoms with Gasteiger partial charge in [0.1, 0.15) is 0 Å². The molecule has 0 nitrogen and oxygen atoms in total. The van der Waals surface area contributed by atoms with Crippen molar-refractivity contribution in [3.8, 4) is 0 Å². The number of hydrogen-bond acceptors (Lipinski definition) is 0. The van der Waals surface area contributed by atoms with E-state index in [0.717, 1.165) is 0 Å². The van der Waals surface area contributed by atoms with Gasteiger partial charge < -0.3 is 0 Å². The quantitative estimate of drug-likeness (QED) is 0.320. The maximum Gasteiger partial charge on any atom is -0.114 e. The zero-order valence-corrected chi connectivity index (χ0v) is 19.4. The van der Waals surface area contributed by atoms with Crippen molar-refractivity contribution >= 4 is 154 Å². The fourth-order valence-corrected chi connectivity index (χ4v) is 0. The van der Waals surface area contributed by atoms with Gasteiger partial charge in [-0.3, -0.25) is 0 Å². The van der Waals surface area contributed by atoms with Crippen molar-refractivity contribution in [3.63, 3.8) is 0 Å². The third kappa shape index (κ3) is 83.7. The van der Waals surface area contributed by atoms with Crippen LogP contribution in [0, 0.1) is 0 Å². The van der Waals surface area contributed by atoms with Gasteiger partial charge >= 0.3 is 0 Å². The smallest absolute Gasteiger partial charge is 0.114 e. The monoisotopic (exact) mass is 665 g/mol. The minimum absolute atomic E-state index is 0. The molecule has 0 aliphatic heterocycles. The lowest BCUT2D eigenvalue weighted by Gasteiger charge is -0.154. The lowest BCUT2D eigenvalue weighted by molar-refractivity contribution is 5.85. The van der Waals surface area contributed by atoms with E-state index in [4.69, 9.17) is 0 Å². The Balaban J connectivity index is 0. The first-order chi connectivity index (χ1) is 0. The van der Waals surface area contributed by atoms with Gasteiger partial charge in [0, 0.05) is 0 Å². The summed E-state index contributed by atoms with van der Waals surface area (Å²) in [6.45, 7) is 0. The van der Waals surface area contributed by atoms with Crippen LogP contribution < -0.4 is 0 Å². The van der Waals surface area contributed by atoms with Crippen molar-refractivity contribution in [2.75, 3.05) is 0 Å². The minimum Gasteiger partial charge on any atom is -0.153 e. The van der Waals surface area contributed by atoms with E-state index in [1.807, 2.05) is 0 Å². The lowest BCUT2D eigenvalue weighted by Crippen LogP contribution is 0.689. The van der Waals surface area contributed by atoms with Crippen LogP contribution in [0.3, 0.4) is 0 Å². The second-order valence-electron chi connectivity index (χ2n) is 0. The van der Waals surface area contributed by atoms with Gasteiger partial charge in [0.2, 0.25) is 0 Å². The Morgan fingerprint density at radius 1 is 0.300 bits per heavy atom. The predicted molar refractivity (Wildman–Crippen MR) is 97.9 cm³/mol. The average Bonchev–Trinajstić information content (AvgIpc) is 0. The minimum atomic E-state index is 0. The van der Waals surface area contributed by atoms with Gasteiger partial charge in [-0.25, -0.2) is 0 Å². The Kier molecular flexibility index (Phi) is 1440. The van der Waals surface area contributed by atoms with Crippen LogP contribution in [0.25, 0.3) is 0 Å². The van der Waals surface area contributed by atoms with Crippen molar-refractivity contribution in [2.45, 2.75) is 0 Å². The molecule has 10 heavy (non-hydrogen) atoms. The molecule has 0 saturated carbocycles. The molecule has 0 bridgehead atoms. The van der Waals surface area contributed by atoms with Gasteiger partial charge in [-0.15, -0.1) is 144 Å². The standard InChI is InChI=1S/7BrH.2ClH.H3P/h9*1H;1H3. The van der Waals surface area contributed by atoms with Crippen LogP contribution >= 0.6 is 154 Å². The molecule has 0 amide bonds. The Morgan fingerprint density at radius 3 is 0.300 bits per heavy atom. The van der Waals surface area contributed by atoms with E-state index in [0.29, 0.717) is 0 Å². The van der Waals surface area contributed by atoms with E-state index in [-0.39, 0.29) is 154 Å². The first-order valence-electron chi connectivity index (χ1n) is 0. The molecule has 0 aromatic carbocycles. The molecule has 0 N–H and O–H groups in total. The van der Waals surface area contributed by atoms with Gasteiger partial charge in [-0.05, 0) is 0 Å². The summed E-state index contributed by atoms with van der Waals surface area (Å²) in [4.78, 5) is 0. The molecule has 0 aromatic rings. The highest BCUT2D eigenvalue weighted by Crippen LogP contribution is 0.862. The molecule has 0 rings (SSSR count). The van der Waals surface area contributed by atoms with E-state index in [1.54, 1.807) is 0 Å². The maximum atomic E-state index is 0. The summed E-state index contributed by atoms with van der Waals surface area (Å²) >= 11 is 0. The molecular weight excluding hydrogens is 661 g/mol. The molecule has 80 valence electrons. The Hall–Kier alpha value is 4.37. The molecule has 0 aliphatic carbocycles. The molecule has 0 radical (unpaired) electrons. The second kappa shape index (κ2) is 107. The molecule has 0 fully saturated rings. The molecule has 0 heterocycles. The van der Waals surface area contributed by atoms with Crippen LogP contribution in [0.5, 0.6) is 0 Å². The molecule has 0 aliphatic rings. The normalized spacial score (nSPS) is 0. The summed E-state index contributed by atoms with van der Waals surface area (Å²) in [5.74, 6) is 0. The Bertz CT molecular complexity index is 11.6. The van der Waals surface area contributed by atoms with E-state index < -0.39 is 0 Å². The number of rotatable bonds is 0. The van der Waals surface area contributed by atoms with Crippen molar-refractivity contribution in [2.24, 2.45) is 0 Å². The van der Waals surface area contributed by atoms with Crippen molar-refractivity contribution in [1.82, 2.24) is 0 Å². The average molecular weight is 673 g/mol. The second-order valence-corrected chi connectivity index (χ2v) is 0. The molecular formula is H12Br7Cl2P. The number of hydrogen-bond donors (Lipinski definition) is 0. The summed E-state index contributed by atoms with van der Waals surface area (Å²) in [6, 6.07) is 0. The maximum absolute atomic E-state index is 0. The third-order valence-corrected chi connectivity index (χ3v) is 0. The first-order valence-corrected chi connectivity index (χ1v) is 0. The lowest BCUT2D eigenvalue weighted by atomic mass is 31.0. The van der Waals surface area contributed by atoms with Crippen molar-refractivity contribution < 1.29 is 0 Å². The van der Waals surface area contributed by atoms with Crippen molar-refractivity contribution in [1.29, 1.82) is 0 Å². The molecule has 10 heteroatoms. The van der Waals surface area contributed by atoms with Crippen molar-refractivity contribution in [3.05, 3.63) is 0 Å². The zero-order chi connectivity index (χ0) is 0. The Morgan fingerprint density at radius 2 is 0.300 bits per heavy atom. The highest BCUT2D eigenvalue weighted by atomic mass is 79.9. The van der Waals surface area contributed by atoms with E-state index >= 15 is 0 Å².